The summed E-state index contributed by atoms with van der Waals surface area (Å²) in [4.78, 5) is -1.09. The van der Waals surface area contributed by atoms with Gasteiger partial charge in [-0.05, 0) is 42.5 Å². The maximum atomic E-state index is 13.4. The lowest BCUT2D eigenvalue weighted by Crippen LogP contribution is -2.40. The summed E-state index contributed by atoms with van der Waals surface area (Å²) in [6, 6.07) is 8.52. The Balaban J connectivity index is 2.08. The van der Waals surface area contributed by atoms with Gasteiger partial charge in [-0.1, -0.05) is 43.2 Å². The predicted octanol–water partition coefficient (Wildman–Crippen LogP) is 5.47. The molecule has 0 aromatic heterocycles. The Labute approximate surface area is 187 Å². The van der Waals surface area contributed by atoms with Gasteiger partial charge in [0.2, 0.25) is 10.0 Å². The normalized spacial score (nSPS) is 20.2. The molecule has 3 rings (SSSR count). The quantitative estimate of drug-likeness (QED) is 0.541. The van der Waals surface area contributed by atoms with E-state index in [1.54, 1.807) is 30.3 Å². The van der Waals surface area contributed by atoms with E-state index in [1.807, 2.05) is 0 Å². The molecule has 4 nitrogen and oxygen atoms in total. The molecule has 0 bridgehead atoms. The van der Waals surface area contributed by atoms with Crippen LogP contribution >= 0.6 is 0 Å². The van der Waals surface area contributed by atoms with Crippen molar-refractivity contribution in [3.05, 3.63) is 65.2 Å². The number of aliphatic hydroxyl groups is 1. The van der Waals surface area contributed by atoms with Crippen LogP contribution in [-0.2, 0) is 28.9 Å². The SMILES string of the molecule is O=S(=O)(c1cc(C(F)(F)F)cc(C(F)(F)F)c1)N(Cc1ccccc1)CC1CCCCC1O. The van der Waals surface area contributed by atoms with E-state index in [-0.39, 0.29) is 31.3 Å². The van der Waals surface area contributed by atoms with Crippen LogP contribution in [0.25, 0.3) is 0 Å². The minimum atomic E-state index is -5.17. The molecule has 0 spiro atoms. The third-order valence-electron chi connectivity index (χ3n) is 5.71. The first kappa shape index (κ1) is 25.5. The van der Waals surface area contributed by atoms with Crippen molar-refractivity contribution < 1.29 is 39.9 Å². The fourth-order valence-corrected chi connectivity index (χ4v) is 5.48. The van der Waals surface area contributed by atoms with E-state index in [2.05, 4.69) is 0 Å². The molecule has 2 unspecified atom stereocenters. The Bertz CT molecular complexity index is 1020. The van der Waals surface area contributed by atoms with Crippen molar-refractivity contribution in [1.29, 1.82) is 0 Å². The molecule has 0 radical (unpaired) electrons. The molecule has 1 saturated carbocycles. The minimum Gasteiger partial charge on any atom is -0.393 e. The van der Waals surface area contributed by atoms with Gasteiger partial charge >= 0.3 is 12.4 Å². The summed E-state index contributed by atoms with van der Waals surface area (Å²) in [6.07, 6.45) is -8.71. The number of aliphatic hydroxyl groups excluding tert-OH is 1. The van der Waals surface area contributed by atoms with E-state index in [4.69, 9.17) is 0 Å². The second-order valence-electron chi connectivity index (χ2n) is 8.14. The van der Waals surface area contributed by atoms with Gasteiger partial charge < -0.3 is 5.11 Å². The fraction of sp³-hybridized carbons (Fsp3) is 0.455. The largest absolute Gasteiger partial charge is 0.416 e. The van der Waals surface area contributed by atoms with Gasteiger partial charge in [0, 0.05) is 13.1 Å². The molecule has 1 fully saturated rings. The van der Waals surface area contributed by atoms with Crippen LogP contribution in [0.5, 0.6) is 0 Å². The van der Waals surface area contributed by atoms with Gasteiger partial charge in [-0.3, -0.25) is 0 Å². The molecule has 1 aliphatic rings. The van der Waals surface area contributed by atoms with Crippen LogP contribution in [0.4, 0.5) is 26.3 Å². The molecule has 2 aromatic rings. The summed E-state index contributed by atoms with van der Waals surface area (Å²) in [5, 5.41) is 10.3. The minimum absolute atomic E-state index is 0.106. The third-order valence-corrected chi connectivity index (χ3v) is 7.50. The topological polar surface area (TPSA) is 57.6 Å². The van der Waals surface area contributed by atoms with Gasteiger partial charge in [0.1, 0.15) is 0 Å². The molecular formula is C22H23F6NO3S. The first-order valence-electron chi connectivity index (χ1n) is 10.3. The van der Waals surface area contributed by atoms with Gasteiger partial charge in [0.25, 0.3) is 0 Å². The Kier molecular flexibility index (Phi) is 7.45. The fourth-order valence-electron chi connectivity index (χ4n) is 3.92. The number of sulfonamides is 1. The second kappa shape index (κ2) is 9.63. The molecule has 0 saturated heterocycles. The van der Waals surface area contributed by atoms with Crippen molar-refractivity contribution in [2.24, 2.45) is 5.92 Å². The van der Waals surface area contributed by atoms with Crippen LogP contribution in [0.15, 0.2) is 53.4 Å². The standard InChI is InChI=1S/C22H23F6NO3S/c23-21(24,25)17-10-18(22(26,27)28)12-19(11-17)33(31,32)29(13-15-6-2-1-3-7-15)14-16-8-4-5-9-20(16)30/h1-3,6-7,10-12,16,20,30H,4-5,8-9,13-14H2. The zero-order valence-electron chi connectivity index (χ0n) is 17.4. The highest BCUT2D eigenvalue weighted by molar-refractivity contribution is 7.89. The molecule has 1 N–H and O–H groups in total. The number of halogens is 6. The first-order chi connectivity index (χ1) is 15.3. The van der Waals surface area contributed by atoms with Crippen molar-refractivity contribution in [3.8, 4) is 0 Å². The zero-order valence-corrected chi connectivity index (χ0v) is 18.2. The van der Waals surface area contributed by atoms with Gasteiger partial charge in [-0.2, -0.15) is 30.6 Å². The van der Waals surface area contributed by atoms with E-state index in [1.165, 1.54) is 0 Å². The highest BCUT2D eigenvalue weighted by Gasteiger charge is 2.40. The molecular weight excluding hydrogens is 472 g/mol. The van der Waals surface area contributed by atoms with E-state index >= 15 is 0 Å². The number of hydrogen-bond acceptors (Lipinski definition) is 3. The average Bonchev–Trinajstić information content (AvgIpc) is 2.74. The summed E-state index contributed by atoms with van der Waals surface area (Å²) in [5.41, 5.74) is -2.89. The van der Waals surface area contributed by atoms with Gasteiger partial charge in [-0.25, -0.2) is 8.42 Å². The van der Waals surface area contributed by atoms with Gasteiger partial charge in [0.05, 0.1) is 22.1 Å². The molecule has 2 aromatic carbocycles. The molecule has 0 heterocycles. The van der Waals surface area contributed by atoms with Crippen molar-refractivity contribution in [3.63, 3.8) is 0 Å². The predicted molar refractivity (Wildman–Crippen MR) is 108 cm³/mol. The van der Waals surface area contributed by atoms with Crippen molar-refractivity contribution >= 4 is 10.0 Å². The summed E-state index contributed by atoms with van der Waals surface area (Å²) in [7, 11) is -4.77. The molecule has 2 atom stereocenters. The smallest absolute Gasteiger partial charge is 0.393 e. The molecule has 33 heavy (non-hydrogen) atoms. The van der Waals surface area contributed by atoms with Crippen LogP contribution in [0.3, 0.4) is 0 Å². The molecule has 0 aliphatic heterocycles. The Morgan fingerprint density at radius 3 is 1.94 bits per heavy atom. The van der Waals surface area contributed by atoms with E-state index in [0.717, 1.165) is 17.1 Å². The molecule has 11 heteroatoms. The number of benzene rings is 2. The molecule has 1 aliphatic carbocycles. The maximum absolute atomic E-state index is 13.4. The monoisotopic (exact) mass is 495 g/mol. The summed E-state index contributed by atoms with van der Waals surface area (Å²) in [5.74, 6) is -0.481. The second-order valence-corrected chi connectivity index (χ2v) is 10.1. The summed E-state index contributed by atoms with van der Waals surface area (Å²) in [6.45, 7) is -0.486. The number of hydrogen-bond donors (Lipinski definition) is 1. The van der Waals surface area contributed by atoms with Gasteiger partial charge in [-0.15, -0.1) is 0 Å². The lowest BCUT2D eigenvalue weighted by molar-refractivity contribution is -0.143. The van der Waals surface area contributed by atoms with Crippen molar-refractivity contribution in [1.82, 2.24) is 4.31 Å². The average molecular weight is 495 g/mol. The highest BCUT2D eigenvalue weighted by Crippen LogP contribution is 2.38. The van der Waals surface area contributed by atoms with Crippen LogP contribution in [0, 0.1) is 5.92 Å². The van der Waals surface area contributed by atoms with Crippen molar-refractivity contribution in [2.75, 3.05) is 6.54 Å². The number of rotatable bonds is 6. The van der Waals surface area contributed by atoms with Crippen molar-refractivity contribution in [2.45, 2.75) is 55.6 Å². The molecule has 0 amide bonds. The van der Waals surface area contributed by atoms with Gasteiger partial charge in [0.15, 0.2) is 0 Å². The summed E-state index contributed by atoms with van der Waals surface area (Å²) >= 11 is 0. The van der Waals surface area contributed by atoms with Crippen LogP contribution in [0.2, 0.25) is 0 Å². The van der Waals surface area contributed by atoms with Crippen LogP contribution < -0.4 is 0 Å². The highest BCUT2D eigenvalue weighted by atomic mass is 32.2. The first-order valence-corrected chi connectivity index (χ1v) is 11.7. The van der Waals surface area contributed by atoms with Crippen LogP contribution in [-0.4, -0.2) is 30.5 Å². The Hall–Kier alpha value is -2.11. The van der Waals surface area contributed by atoms with E-state index in [9.17, 15) is 39.9 Å². The Morgan fingerprint density at radius 1 is 0.879 bits per heavy atom. The zero-order chi connectivity index (χ0) is 24.4. The number of alkyl halides is 6. The van der Waals surface area contributed by atoms with Crippen LogP contribution in [0.1, 0.15) is 42.4 Å². The van der Waals surface area contributed by atoms with E-state index < -0.39 is 50.4 Å². The third kappa shape index (κ3) is 6.27. The lowest BCUT2D eigenvalue weighted by atomic mass is 9.86. The lowest BCUT2D eigenvalue weighted by Gasteiger charge is -2.32. The molecule has 182 valence electrons. The maximum Gasteiger partial charge on any atom is 0.416 e. The Morgan fingerprint density at radius 2 is 1.42 bits per heavy atom. The number of nitrogens with zero attached hydrogens (tertiary/aromatic N) is 1. The van der Waals surface area contributed by atoms with E-state index in [0.29, 0.717) is 18.4 Å². The summed E-state index contributed by atoms with van der Waals surface area (Å²) < 4.78 is 107.